The third-order valence-corrected chi connectivity index (χ3v) is 9.31. The van der Waals surface area contributed by atoms with Gasteiger partial charge in [-0.05, 0) is 68.6 Å². The Kier molecular flexibility index (Phi) is 17.3. The molecule has 1 heterocycles. The first-order valence-corrected chi connectivity index (χ1v) is 17.6. The lowest BCUT2D eigenvalue weighted by Gasteiger charge is -2.33. The minimum atomic E-state index is -0.913. The van der Waals surface area contributed by atoms with Crippen LogP contribution in [-0.4, -0.2) is 88.4 Å². The van der Waals surface area contributed by atoms with E-state index in [4.69, 9.17) is 34.2 Å². The second-order valence-electron chi connectivity index (χ2n) is 14.7. The molecule has 13 heteroatoms. The Hall–Kier alpha value is -3.58. The van der Waals surface area contributed by atoms with Crippen molar-refractivity contribution in [2.45, 2.75) is 93.2 Å². The maximum absolute atomic E-state index is 13.5. The van der Waals surface area contributed by atoms with Gasteiger partial charge >= 0.3 is 12.1 Å². The van der Waals surface area contributed by atoms with Crippen LogP contribution in [0.4, 0.5) is 4.79 Å². The van der Waals surface area contributed by atoms with Crippen LogP contribution in [0.1, 0.15) is 80.2 Å². The lowest BCUT2D eigenvalue weighted by Crippen LogP contribution is -2.47. The highest BCUT2D eigenvalue weighted by atomic mass is 16.7. The van der Waals surface area contributed by atoms with Gasteiger partial charge in [-0.15, -0.1) is 0 Å². The Balaban J connectivity index is 2.34. The zero-order valence-electron chi connectivity index (χ0n) is 31.7. The molecule has 1 aromatic rings. The molecule has 3 amide bonds. The number of nitrogens with zero attached hydrogens (tertiary/aromatic N) is 1. The molecule has 0 spiro atoms. The summed E-state index contributed by atoms with van der Waals surface area (Å²) in [7, 11) is 3.26. The van der Waals surface area contributed by atoms with Crippen LogP contribution in [0.5, 0.6) is 11.5 Å². The predicted molar refractivity (Wildman–Crippen MR) is 188 cm³/mol. The monoisotopic (exact) mass is 707 g/mol. The van der Waals surface area contributed by atoms with Crippen LogP contribution >= 0.6 is 0 Å². The number of ether oxygens (including phenoxy) is 6. The number of primary amides is 1. The lowest BCUT2D eigenvalue weighted by molar-refractivity contribution is -0.156. The Morgan fingerprint density at radius 2 is 1.68 bits per heavy atom. The SMILES string of the molecule is COCCCOc1cc(C[C@@H](C[C@H]2[C@H](C[C@H](C(=O)NCC(C)(C)C(N)=O)C(C)C)OCN2C(=O)OCOC(=O)C(C)C)C(C)C)ccc1OC. The molecule has 3 N–H and O–H groups in total. The molecule has 0 aromatic heterocycles. The highest BCUT2D eigenvalue weighted by molar-refractivity contribution is 5.83. The van der Waals surface area contributed by atoms with Crippen LogP contribution in [-0.2, 0) is 39.8 Å². The van der Waals surface area contributed by atoms with Crippen LogP contribution < -0.4 is 20.5 Å². The minimum absolute atomic E-state index is 0.0414. The fraction of sp³-hybridized carbons (Fsp3) is 0.730. The third kappa shape index (κ3) is 12.9. The molecular weight excluding hydrogens is 646 g/mol. The molecule has 1 fully saturated rings. The fourth-order valence-electron chi connectivity index (χ4n) is 5.67. The summed E-state index contributed by atoms with van der Waals surface area (Å²) in [6.07, 6.45) is 1.17. The molecule has 0 aliphatic carbocycles. The topological polar surface area (TPSA) is 165 Å². The van der Waals surface area contributed by atoms with E-state index in [2.05, 4.69) is 19.2 Å². The molecule has 1 aromatic carbocycles. The molecule has 1 aliphatic rings. The van der Waals surface area contributed by atoms with Gasteiger partial charge in [0, 0.05) is 32.6 Å². The van der Waals surface area contributed by atoms with Gasteiger partial charge in [0.2, 0.25) is 18.6 Å². The number of carbonyl (C=O) groups is 4. The van der Waals surface area contributed by atoms with E-state index in [-0.39, 0.29) is 42.9 Å². The van der Waals surface area contributed by atoms with Crippen molar-refractivity contribution < 1.29 is 47.6 Å². The number of carbonyl (C=O) groups excluding carboxylic acids is 4. The summed E-state index contributed by atoms with van der Waals surface area (Å²) >= 11 is 0. The second-order valence-corrected chi connectivity index (χ2v) is 14.7. The minimum Gasteiger partial charge on any atom is -0.493 e. The Bertz CT molecular complexity index is 1250. The van der Waals surface area contributed by atoms with E-state index in [1.807, 2.05) is 32.0 Å². The normalized spacial score (nSPS) is 17.5. The van der Waals surface area contributed by atoms with Gasteiger partial charge in [0.15, 0.2) is 11.5 Å². The van der Waals surface area contributed by atoms with Crippen LogP contribution in [0.25, 0.3) is 0 Å². The Labute approximate surface area is 298 Å². The summed E-state index contributed by atoms with van der Waals surface area (Å²) in [4.78, 5) is 52.3. The molecule has 0 radical (unpaired) electrons. The Morgan fingerprint density at radius 3 is 2.26 bits per heavy atom. The van der Waals surface area contributed by atoms with Crippen LogP contribution in [0, 0.1) is 35.0 Å². The molecule has 0 saturated carbocycles. The summed E-state index contributed by atoms with van der Waals surface area (Å²) in [5.41, 5.74) is 5.66. The number of nitrogens with one attached hydrogen (secondary N) is 1. The van der Waals surface area contributed by atoms with Gasteiger partial charge in [0.25, 0.3) is 0 Å². The number of rotatable bonds is 21. The summed E-state index contributed by atoms with van der Waals surface area (Å²) < 4.78 is 33.4. The standard InChI is InChI=1S/C37H61N3O10/c1-23(2)27(16-26-12-13-30(46-10)32(17-26)47-15-11-14-45-9)18-29-31(48-21-40(29)36(44)50-22-49-34(42)25(5)6)19-28(24(3)4)33(41)39-20-37(7,8)35(38)43/h12-13,17,23-25,27-29,31H,11,14-16,18-22H2,1-10H3,(H2,38,43)(H,39,41)/t27-,28-,29-,31-/m0/s1. The fourth-order valence-corrected chi connectivity index (χ4v) is 5.67. The van der Waals surface area contributed by atoms with Crippen LogP contribution in [0.3, 0.4) is 0 Å². The number of esters is 1. The van der Waals surface area contributed by atoms with Crippen molar-refractivity contribution in [2.75, 3.05) is 47.5 Å². The number of hydrogen-bond acceptors (Lipinski definition) is 10. The number of methoxy groups -OCH3 is 2. The van der Waals surface area contributed by atoms with E-state index in [1.165, 1.54) is 4.90 Å². The van der Waals surface area contributed by atoms with Gasteiger partial charge in [0.1, 0.15) is 6.73 Å². The van der Waals surface area contributed by atoms with E-state index in [1.54, 1.807) is 41.9 Å². The zero-order valence-corrected chi connectivity index (χ0v) is 31.7. The number of hydrogen-bond donors (Lipinski definition) is 2. The van der Waals surface area contributed by atoms with Crippen molar-refractivity contribution in [3.8, 4) is 11.5 Å². The molecule has 0 bridgehead atoms. The van der Waals surface area contributed by atoms with Gasteiger partial charge in [-0.2, -0.15) is 0 Å². The van der Waals surface area contributed by atoms with Crippen molar-refractivity contribution >= 4 is 23.9 Å². The first kappa shape index (κ1) is 42.6. The lowest BCUT2D eigenvalue weighted by atomic mass is 9.80. The van der Waals surface area contributed by atoms with E-state index >= 15 is 0 Å². The third-order valence-electron chi connectivity index (χ3n) is 9.31. The van der Waals surface area contributed by atoms with Crippen molar-refractivity contribution in [3.63, 3.8) is 0 Å². The molecule has 2 rings (SSSR count). The van der Waals surface area contributed by atoms with E-state index in [9.17, 15) is 19.2 Å². The van der Waals surface area contributed by atoms with Gasteiger partial charge in [-0.1, -0.05) is 47.6 Å². The average Bonchev–Trinajstić information content (AvgIpc) is 3.45. The average molecular weight is 708 g/mol. The number of amides is 3. The molecule has 0 unspecified atom stereocenters. The maximum atomic E-state index is 13.5. The van der Waals surface area contributed by atoms with Gasteiger partial charge in [-0.3, -0.25) is 19.3 Å². The molecule has 284 valence electrons. The smallest absolute Gasteiger partial charge is 0.414 e. The predicted octanol–water partition coefficient (Wildman–Crippen LogP) is 4.93. The van der Waals surface area contributed by atoms with Gasteiger partial charge < -0.3 is 39.5 Å². The molecular formula is C37H61N3O10. The summed E-state index contributed by atoms with van der Waals surface area (Å²) in [5, 5.41) is 2.91. The second kappa shape index (κ2) is 20.3. The molecule has 13 nitrogen and oxygen atoms in total. The molecule has 1 saturated heterocycles. The summed E-state index contributed by atoms with van der Waals surface area (Å²) in [5.74, 6) is -0.488. The maximum Gasteiger partial charge on any atom is 0.414 e. The van der Waals surface area contributed by atoms with Crippen molar-refractivity contribution in [3.05, 3.63) is 23.8 Å². The van der Waals surface area contributed by atoms with Gasteiger partial charge in [-0.25, -0.2) is 4.79 Å². The quantitative estimate of drug-likeness (QED) is 0.102. The van der Waals surface area contributed by atoms with E-state index in [0.717, 1.165) is 12.0 Å². The summed E-state index contributed by atoms with van der Waals surface area (Å²) in [6.45, 7) is 15.6. The van der Waals surface area contributed by atoms with Crippen LogP contribution in [0.15, 0.2) is 18.2 Å². The van der Waals surface area contributed by atoms with Crippen molar-refractivity contribution in [2.24, 2.45) is 40.7 Å². The van der Waals surface area contributed by atoms with Crippen molar-refractivity contribution in [1.29, 1.82) is 0 Å². The number of benzene rings is 1. The zero-order chi connectivity index (χ0) is 37.6. The molecule has 4 atom stereocenters. The first-order valence-electron chi connectivity index (χ1n) is 17.6. The molecule has 50 heavy (non-hydrogen) atoms. The highest BCUT2D eigenvalue weighted by Crippen LogP contribution is 2.36. The van der Waals surface area contributed by atoms with E-state index in [0.29, 0.717) is 44.0 Å². The van der Waals surface area contributed by atoms with Crippen molar-refractivity contribution in [1.82, 2.24) is 10.2 Å². The molecule has 1 aliphatic heterocycles. The van der Waals surface area contributed by atoms with Gasteiger partial charge in [0.05, 0.1) is 37.2 Å². The van der Waals surface area contributed by atoms with E-state index < -0.39 is 48.2 Å². The summed E-state index contributed by atoms with van der Waals surface area (Å²) in [6, 6.07) is 5.47. The largest absolute Gasteiger partial charge is 0.493 e. The van der Waals surface area contributed by atoms with Crippen LogP contribution in [0.2, 0.25) is 0 Å². The highest BCUT2D eigenvalue weighted by Gasteiger charge is 2.43. The Morgan fingerprint density at radius 1 is 0.980 bits per heavy atom. The number of nitrogens with two attached hydrogens (primary N) is 1. The first-order chi connectivity index (χ1) is 23.5.